The molecule has 0 unspecified atom stereocenters. The number of aromatic nitrogens is 3. The van der Waals surface area contributed by atoms with E-state index in [9.17, 15) is 19.2 Å². The van der Waals surface area contributed by atoms with Crippen LogP contribution in [0.3, 0.4) is 0 Å². The van der Waals surface area contributed by atoms with Crippen LogP contribution in [0.5, 0.6) is 0 Å². The van der Waals surface area contributed by atoms with E-state index in [2.05, 4.69) is 16.0 Å². The molecule has 180 valence electrons. The van der Waals surface area contributed by atoms with Crippen molar-refractivity contribution in [2.75, 3.05) is 23.8 Å². The van der Waals surface area contributed by atoms with Crippen LogP contribution in [0, 0.1) is 0 Å². The fourth-order valence-electron chi connectivity index (χ4n) is 3.41. The number of esters is 1. The molecule has 3 amide bonds. The average molecular weight is 469 g/mol. The largest absolute Gasteiger partial charge is 0.466 e. The zero-order valence-corrected chi connectivity index (χ0v) is 19.5. The maximum absolute atomic E-state index is 12.8. The van der Waals surface area contributed by atoms with Gasteiger partial charge >= 0.3 is 5.97 Å². The van der Waals surface area contributed by atoms with Gasteiger partial charge in [0.15, 0.2) is 0 Å². The van der Waals surface area contributed by atoms with Gasteiger partial charge in [-0.2, -0.15) is 0 Å². The Kier molecular flexibility index (Phi) is 7.57. The van der Waals surface area contributed by atoms with Crippen molar-refractivity contribution in [2.45, 2.75) is 13.3 Å². The molecule has 0 radical (unpaired) electrons. The number of amides is 3. The minimum Gasteiger partial charge on any atom is -0.466 e. The second kappa shape index (κ2) is 10.6. The number of carbonyl (C=O) groups is 4. The Morgan fingerprint density at radius 2 is 1.38 bits per heavy atom. The quantitative estimate of drug-likeness (QED) is 0.413. The molecule has 0 aliphatic carbocycles. The van der Waals surface area contributed by atoms with E-state index in [4.69, 9.17) is 4.74 Å². The summed E-state index contributed by atoms with van der Waals surface area (Å²) in [5.41, 5.74) is 2.05. The molecular weight excluding hydrogens is 440 g/mol. The summed E-state index contributed by atoms with van der Waals surface area (Å²) >= 11 is 0. The molecule has 0 aliphatic heterocycles. The fourth-order valence-corrected chi connectivity index (χ4v) is 3.41. The second-order valence-electron chi connectivity index (χ2n) is 7.67. The third-order valence-electron chi connectivity index (χ3n) is 5.09. The lowest BCUT2D eigenvalue weighted by molar-refractivity contribution is -0.142. The van der Waals surface area contributed by atoms with Gasteiger partial charge in [0.1, 0.15) is 17.1 Å². The standard InChI is InChI=1S/C23H28N6O5/c1-5-34-20(30)8-9-24-21(31)18-11-15(13-28(18)3)26-23(33)19-12-16(14-29(19)4)25-22(32)17-7-6-10-27(17)2/h6-7,10-14H,5,8-9H2,1-4H3,(H,24,31)(H,25,32)(H,26,33). The van der Waals surface area contributed by atoms with E-state index in [1.54, 1.807) is 84.6 Å². The molecule has 3 rings (SSSR count). The third-order valence-corrected chi connectivity index (χ3v) is 5.09. The first-order valence-corrected chi connectivity index (χ1v) is 10.7. The number of hydrogen-bond donors (Lipinski definition) is 3. The molecule has 11 heteroatoms. The highest BCUT2D eigenvalue weighted by molar-refractivity contribution is 6.07. The molecule has 0 spiro atoms. The zero-order valence-electron chi connectivity index (χ0n) is 19.5. The SMILES string of the molecule is CCOC(=O)CCNC(=O)c1cc(NC(=O)c2cc(NC(=O)c3cccn3C)cn2C)cn1C. The molecular formula is C23H28N6O5. The summed E-state index contributed by atoms with van der Waals surface area (Å²) in [6.45, 7) is 2.15. The van der Waals surface area contributed by atoms with Crippen molar-refractivity contribution in [1.29, 1.82) is 0 Å². The van der Waals surface area contributed by atoms with Gasteiger partial charge in [0.25, 0.3) is 17.7 Å². The summed E-state index contributed by atoms with van der Waals surface area (Å²) in [7, 11) is 5.14. The second-order valence-corrected chi connectivity index (χ2v) is 7.67. The molecule has 11 nitrogen and oxygen atoms in total. The molecule has 3 aromatic rings. The molecule has 3 heterocycles. The van der Waals surface area contributed by atoms with Crippen molar-refractivity contribution >= 4 is 35.1 Å². The highest BCUT2D eigenvalue weighted by atomic mass is 16.5. The number of ether oxygens (including phenoxy) is 1. The van der Waals surface area contributed by atoms with Gasteiger partial charge in [-0.1, -0.05) is 0 Å². The van der Waals surface area contributed by atoms with Crippen molar-refractivity contribution in [3.8, 4) is 0 Å². The first-order chi connectivity index (χ1) is 16.2. The van der Waals surface area contributed by atoms with Crippen LogP contribution in [0.2, 0.25) is 0 Å². The molecule has 0 saturated carbocycles. The van der Waals surface area contributed by atoms with Crippen molar-refractivity contribution in [2.24, 2.45) is 21.1 Å². The van der Waals surface area contributed by atoms with Gasteiger partial charge in [0, 0.05) is 46.3 Å². The smallest absolute Gasteiger partial charge is 0.307 e. The van der Waals surface area contributed by atoms with Crippen LogP contribution in [0.25, 0.3) is 0 Å². The number of hydrogen-bond acceptors (Lipinski definition) is 5. The molecule has 0 aromatic carbocycles. The zero-order chi connectivity index (χ0) is 24.8. The Balaban J connectivity index is 1.61. The number of anilines is 2. The minimum atomic E-state index is -0.401. The monoisotopic (exact) mass is 468 g/mol. The van der Waals surface area contributed by atoms with Gasteiger partial charge in [0.2, 0.25) is 0 Å². The van der Waals surface area contributed by atoms with Gasteiger partial charge in [0.05, 0.1) is 24.4 Å². The van der Waals surface area contributed by atoms with E-state index in [0.717, 1.165) is 0 Å². The van der Waals surface area contributed by atoms with Gasteiger partial charge in [-0.3, -0.25) is 19.2 Å². The van der Waals surface area contributed by atoms with E-state index in [1.165, 1.54) is 0 Å². The van der Waals surface area contributed by atoms with Crippen molar-refractivity contribution in [1.82, 2.24) is 19.0 Å². The van der Waals surface area contributed by atoms with E-state index in [-0.39, 0.29) is 37.4 Å². The number of rotatable bonds is 9. The lowest BCUT2D eigenvalue weighted by atomic mass is 10.3. The molecule has 0 bridgehead atoms. The first kappa shape index (κ1) is 24.4. The molecule has 0 atom stereocenters. The maximum Gasteiger partial charge on any atom is 0.307 e. The van der Waals surface area contributed by atoms with Gasteiger partial charge in [-0.25, -0.2) is 0 Å². The van der Waals surface area contributed by atoms with Crippen molar-refractivity contribution in [3.05, 3.63) is 59.9 Å². The molecule has 0 aliphatic rings. The van der Waals surface area contributed by atoms with Crippen LogP contribution < -0.4 is 16.0 Å². The summed E-state index contributed by atoms with van der Waals surface area (Å²) in [4.78, 5) is 49.0. The lowest BCUT2D eigenvalue weighted by Gasteiger charge is -2.05. The molecule has 3 aromatic heterocycles. The van der Waals surface area contributed by atoms with Crippen LogP contribution in [0.4, 0.5) is 11.4 Å². The Hall–Kier alpha value is -4.28. The fraction of sp³-hybridized carbons (Fsp3) is 0.304. The summed E-state index contributed by atoms with van der Waals surface area (Å²) < 4.78 is 9.70. The van der Waals surface area contributed by atoms with Gasteiger partial charge in [-0.05, 0) is 31.2 Å². The lowest BCUT2D eigenvalue weighted by Crippen LogP contribution is -2.28. The Morgan fingerprint density at radius 3 is 1.91 bits per heavy atom. The maximum atomic E-state index is 12.8. The normalized spacial score (nSPS) is 10.6. The number of carbonyl (C=O) groups excluding carboxylic acids is 4. The van der Waals surface area contributed by atoms with Crippen molar-refractivity contribution < 1.29 is 23.9 Å². The van der Waals surface area contributed by atoms with E-state index < -0.39 is 5.91 Å². The summed E-state index contributed by atoms with van der Waals surface area (Å²) in [6, 6.07) is 6.58. The van der Waals surface area contributed by atoms with Gasteiger partial charge in [-0.15, -0.1) is 0 Å². The van der Waals surface area contributed by atoms with Gasteiger partial charge < -0.3 is 34.4 Å². The predicted molar refractivity (Wildman–Crippen MR) is 126 cm³/mol. The molecule has 34 heavy (non-hydrogen) atoms. The number of nitrogens with zero attached hydrogens (tertiary/aromatic N) is 3. The Labute approximate surface area is 196 Å². The van der Waals surface area contributed by atoms with E-state index >= 15 is 0 Å². The van der Waals surface area contributed by atoms with Crippen LogP contribution in [0.15, 0.2) is 42.9 Å². The van der Waals surface area contributed by atoms with Crippen molar-refractivity contribution in [3.63, 3.8) is 0 Å². The molecule has 0 fully saturated rings. The highest BCUT2D eigenvalue weighted by Crippen LogP contribution is 2.18. The minimum absolute atomic E-state index is 0.0735. The average Bonchev–Trinajstić information content (AvgIpc) is 3.46. The number of aryl methyl sites for hydroxylation is 3. The van der Waals surface area contributed by atoms with Crippen LogP contribution >= 0.6 is 0 Å². The first-order valence-electron chi connectivity index (χ1n) is 10.7. The Morgan fingerprint density at radius 1 is 0.824 bits per heavy atom. The Bertz CT molecular complexity index is 1220. The molecule has 3 N–H and O–H groups in total. The van der Waals surface area contributed by atoms with E-state index in [1.807, 2.05) is 0 Å². The van der Waals surface area contributed by atoms with Crippen LogP contribution in [-0.2, 0) is 30.7 Å². The van der Waals surface area contributed by atoms with E-state index in [0.29, 0.717) is 28.5 Å². The molecule has 0 saturated heterocycles. The summed E-state index contributed by atoms with van der Waals surface area (Å²) in [5.74, 6) is -1.45. The topological polar surface area (TPSA) is 128 Å². The summed E-state index contributed by atoms with van der Waals surface area (Å²) in [6.07, 6.45) is 5.10. The highest BCUT2D eigenvalue weighted by Gasteiger charge is 2.18. The summed E-state index contributed by atoms with van der Waals surface area (Å²) in [5, 5.41) is 8.19. The number of nitrogens with one attached hydrogen (secondary N) is 3. The third kappa shape index (κ3) is 5.74. The predicted octanol–water partition coefficient (Wildman–Crippen LogP) is 1.89. The van der Waals surface area contributed by atoms with Crippen LogP contribution in [-0.4, -0.2) is 50.5 Å². The van der Waals surface area contributed by atoms with Crippen LogP contribution in [0.1, 0.15) is 44.8 Å².